The van der Waals surface area contributed by atoms with E-state index < -0.39 is 0 Å². The van der Waals surface area contributed by atoms with E-state index in [0.717, 1.165) is 19.3 Å². The Labute approximate surface area is 102 Å². The highest BCUT2D eigenvalue weighted by molar-refractivity contribution is 7.80. The fraction of sp³-hybridized carbons (Fsp3) is 0.308. The summed E-state index contributed by atoms with van der Waals surface area (Å²) in [7, 11) is 0. The van der Waals surface area contributed by atoms with Crippen LogP contribution in [0.1, 0.15) is 18.4 Å². The van der Waals surface area contributed by atoms with Crippen LogP contribution in [-0.4, -0.2) is 16.1 Å². The lowest BCUT2D eigenvalue weighted by atomic mass is 9.99. The molecule has 1 heterocycles. The number of rotatable bonds is 2. The minimum Gasteiger partial charge on any atom is -0.376 e. The summed E-state index contributed by atoms with van der Waals surface area (Å²) in [6.07, 6.45) is 7.36. The van der Waals surface area contributed by atoms with Gasteiger partial charge in [0.05, 0.1) is 0 Å². The molecule has 0 spiro atoms. The van der Waals surface area contributed by atoms with Crippen LogP contribution in [0, 0.1) is 0 Å². The van der Waals surface area contributed by atoms with E-state index in [9.17, 15) is 0 Å². The van der Waals surface area contributed by atoms with Gasteiger partial charge in [-0.3, -0.25) is 0 Å². The maximum atomic E-state index is 5.72. The van der Waals surface area contributed by atoms with Crippen molar-refractivity contribution >= 4 is 17.3 Å². The minimum atomic E-state index is 0.407. The van der Waals surface area contributed by atoms with E-state index in [2.05, 4.69) is 30.3 Å². The molecule has 16 heavy (non-hydrogen) atoms. The van der Waals surface area contributed by atoms with Gasteiger partial charge in [-0.2, -0.15) is 0 Å². The zero-order valence-corrected chi connectivity index (χ0v) is 9.99. The Morgan fingerprint density at radius 2 is 2.12 bits per heavy atom. The predicted octanol–water partition coefficient (Wildman–Crippen LogP) is 2.45. The summed E-state index contributed by atoms with van der Waals surface area (Å²) in [6, 6.07) is 10.9. The smallest absolute Gasteiger partial charge is 0.170 e. The zero-order valence-electron chi connectivity index (χ0n) is 9.17. The number of benzene rings is 1. The highest BCUT2D eigenvalue weighted by Gasteiger charge is 2.19. The average molecular weight is 232 g/mol. The molecule has 0 aliphatic carbocycles. The Kier molecular flexibility index (Phi) is 3.57. The highest BCUT2D eigenvalue weighted by atomic mass is 32.1. The monoisotopic (exact) mass is 232 g/mol. The van der Waals surface area contributed by atoms with Crippen LogP contribution in [0.15, 0.2) is 42.6 Å². The normalized spacial score (nSPS) is 19.8. The maximum Gasteiger partial charge on any atom is 0.170 e. The van der Waals surface area contributed by atoms with Crippen molar-refractivity contribution < 1.29 is 0 Å². The van der Waals surface area contributed by atoms with E-state index in [1.165, 1.54) is 5.56 Å². The third-order valence-corrected chi connectivity index (χ3v) is 3.11. The van der Waals surface area contributed by atoms with Crippen molar-refractivity contribution in [1.29, 1.82) is 0 Å². The van der Waals surface area contributed by atoms with Gasteiger partial charge in [-0.15, -0.1) is 0 Å². The molecule has 0 radical (unpaired) electrons. The second-order valence-electron chi connectivity index (χ2n) is 4.05. The van der Waals surface area contributed by atoms with Crippen molar-refractivity contribution in [2.45, 2.75) is 25.3 Å². The first-order valence-electron chi connectivity index (χ1n) is 5.56. The van der Waals surface area contributed by atoms with Gasteiger partial charge >= 0.3 is 0 Å². The van der Waals surface area contributed by atoms with Gasteiger partial charge in [0.15, 0.2) is 5.11 Å². The molecule has 1 aliphatic heterocycles. The summed E-state index contributed by atoms with van der Waals surface area (Å²) in [4.78, 5) is 2.01. The van der Waals surface area contributed by atoms with E-state index in [1.807, 2.05) is 17.2 Å². The van der Waals surface area contributed by atoms with Gasteiger partial charge < -0.3 is 10.6 Å². The molecule has 0 aromatic heterocycles. The summed E-state index contributed by atoms with van der Waals surface area (Å²) < 4.78 is 0. The van der Waals surface area contributed by atoms with Gasteiger partial charge in [0.25, 0.3) is 0 Å². The Morgan fingerprint density at radius 3 is 2.81 bits per heavy atom. The number of hydrogen-bond acceptors (Lipinski definition) is 1. The third kappa shape index (κ3) is 2.61. The molecule has 2 rings (SSSR count). The largest absolute Gasteiger partial charge is 0.376 e. The van der Waals surface area contributed by atoms with Crippen LogP contribution in [0.4, 0.5) is 0 Å². The predicted molar refractivity (Wildman–Crippen MR) is 70.9 cm³/mol. The molecular formula is C13H16N2S. The SMILES string of the molecule is NC(=S)N1C=CCCC1Cc1ccccc1. The molecule has 1 atom stereocenters. The Bertz CT molecular complexity index is 386. The molecule has 1 aliphatic rings. The number of hydrogen-bond donors (Lipinski definition) is 1. The van der Waals surface area contributed by atoms with E-state index in [-0.39, 0.29) is 0 Å². The molecule has 0 fully saturated rings. The fourth-order valence-corrected chi connectivity index (χ4v) is 2.29. The number of nitrogens with zero attached hydrogens (tertiary/aromatic N) is 1. The summed E-state index contributed by atoms with van der Waals surface area (Å²) in [6.45, 7) is 0. The summed E-state index contributed by atoms with van der Waals surface area (Å²) in [5.41, 5.74) is 7.05. The molecule has 1 aromatic rings. The minimum absolute atomic E-state index is 0.407. The summed E-state index contributed by atoms with van der Waals surface area (Å²) in [5, 5.41) is 0.469. The van der Waals surface area contributed by atoms with Crippen LogP contribution < -0.4 is 5.73 Å². The van der Waals surface area contributed by atoms with E-state index in [0.29, 0.717) is 11.2 Å². The number of allylic oxidation sites excluding steroid dienone is 1. The van der Waals surface area contributed by atoms with Gasteiger partial charge in [-0.1, -0.05) is 36.4 Å². The molecule has 0 amide bonds. The van der Waals surface area contributed by atoms with Gasteiger partial charge in [0, 0.05) is 12.2 Å². The first kappa shape index (κ1) is 11.1. The molecule has 2 N–H and O–H groups in total. The lowest BCUT2D eigenvalue weighted by Gasteiger charge is -2.32. The van der Waals surface area contributed by atoms with E-state index >= 15 is 0 Å². The van der Waals surface area contributed by atoms with Crippen molar-refractivity contribution in [2.24, 2.45) is 5.73 Å². The van der Waals surface area contributed by atoms with Gasteiger partial charge in [-0.05, 0) is 37.0 Å². The second-order valence-corrected chi connectivity index (χ2v) is 4.47. The van der Waals surface area contributed by atoms with Crippen molar-refractivity contribution in [1.82, 2.24) is 4.90 Å². The topological polar surface area (TPSA) is 29.3 Å². The molecule has 2 nitrogen and oxygen atoms in total. The first-order valence-corrected chi connectivity index (χ1v) is 5.96. The van der Waals surface area contributed by atoms with Crippen molar-refractivity contribution in [3.05, 3.63) is 48.2 Å². The van der Waals surface area contributed by atoms with Crippen molar-refractivity contribution in [3.8, 4) is 0 Å². The number of thiocarbonyl (C=S) groups is 1. The van der Waals surface area contributed by atoms with Crippen LogP contribution in [0.3, 0.4) is 0 Å². The molecule has 1 unspecified atom stereocenters. The summed E-state index contributed by atoms with van der Waals surface area (Å²) >= 11 is 5.06. The molecule has 0 saturated carbocycles. The molecule has 84 valence electrons. The quantitative estimate of drug-likeness (QED) is 0.794. The van der Waals surface area contributed by atoms with Gasteiger partial charge in [-0.25, -0.2) is 0 Å². The lowest BCUT2D eigenvalue weighted by Crippen LogP contribution is -2.42. The molecule has 3 heteroatoms. The highest BCUT2D eigenvalue weighted by Crippen LogP contribution is 2.18. The maximum absolute atomic E-state index is 5.72. The molecule has 0 bridgehead atoms. The van der Waals surface area contributed by atoms with Crippen LogP contribution in [0.25, 0.3) is 0 Å². The second kappa shape index (κ2) is 5.12. The molecular weight excluding hydrogens is 216 g/mol. The standard InChI is InChI=1S/C13H16N2S/c14-13(16)15-9-5-4-8-12(15)10-11-6-2-1-3-7-11/h1-3,5-7,9,12H,4,8,10H2,(H2,14,16). The average Bonchev–Trinajstić information content (AvgIpc) is 2.31. The van der Waals surface area contributed by atoms with Crippen LogP contribution >= 0.6 is 12.2 Å². The Balaban J connectivity index is 2.09. The van der Waals surface area contributed by atoms with Crippen LogP contribution in [0.2, 0.25) is 0 Å². The first-order chi connectivity index (χ1) is 7.77. The third-order valence-electron chi connectivity index (χ3n) is 2.89. The van der Waals surface area contributed by atoms with E-state index in [1.54, 1.807) is 0 Å². The summed E-state index contributed by atoms with van der Waals surface area (Å²) in [5.74, 6) is 0. The lowest BCUT2D eigenvalue weighted by molar-refractivity contribution is 0.360. The van der Waals surface area contributed by atoms with Crippen molar-refractivity contribution in [2.75, 3.05) is 0 Å². The Hall–Kier alpha value is -1.35. The van der Waals surface area contributed by atoms with E-state index in [4.69, 9.17) is 18.0 Å². The van der Waals surface area contributed by atoms with Gasteiger partial charge in [0.2, 0.25) is 0 Å². The molecule has 0 saturated heterocycles. The van der Waals surface area contributed by atoms with Crippen LogP contribution in [-0.2, 0) is 6.42 Å². The van der Waals surface area contributed by atoms with Gasteiger partial charge in [0.1, 0.15) is 0 Å². The Morgan fingerprint density at radius 1 is 1.38 bits per heavy atom. The van der Waals surface area contributed by atoms with Crippen LogP contribution in [0.5, 0.6) is 0 Å². The fourth-order valence-electron chi connectivity index (χ4n) is 2.08. The zero-order chi connectivity index (χ0) is 11.4. The molecule has 1 aromatic carbocycles. The number of nitrogens with two attached hydrogens (primary N) is 1. The van der Waals surface area contributed by atoms with Crippen molar-refractivity contribution in [3.63, 3.8) is 0 Å².